The fourth-order valence-corrected chi connectivity index (χ4v) is 4.63. The molecule has 0 radical (unpaired) electrons. The van der Waals surface area contributed by atoms with Gasteiger partial charge in [-0.2, -0.15) is 16.9 Å². The van der Waals surface area contributed by atoms with Crippen molar-refractivity contribution < 1.29 is 4.79 Å². The molecule has 1 N–H and O–H groups in total. The van der Waals surface area contributed by atoms with Crippen molar-refractivity contribution in [3.05, 3.63) is 18.0 Å². The zero-order valence-electron chi connectivity index (χ0n) is 14.4. The number of likely N-dealkylation sites (tertiary alicyclic amines) is 1. The van der Waals surface area contributed by atoms with E-state index in [1.807, 2.05) is 33.6 Å². The summed E-state index contributed by atoms with van der Waals surface area (Å²) in [5, 5.41) is 8.57. The summed E-state index contributed by atoms with van der Waals surface area (Å²) in [4.78, 5) is 14.8. The van der Waals surface area contributed by atoms with Crippen LogP contribution in [0.3, 0.4) is 0 Å². The Morgan fingerprint density at radius 3 is 3.00 bits per heavy atom. The number of halogens is 1. The number of aromatic nitrogens is 2. The molecule has 0 saturated carbocycles. The lowest BCUT2D eigenvalue weighted by atomic mass is 10.1. The van der Waals surface area contributed by atoms with Crippen LogP contribution in [0, 0.1) is 0 Å². The van der Waals surface area contributed by atoms with Crippen molar-refractivity contribution in [3.8, 4) is 0 Å². The molecule has 1 aromatic rings. The molecular formula is C17H29ClN4OS. The van der Waals surface area contributed by atoms with Crippen LogP contribution in [0.1, 0.15) is 55.6 Å². The molecule has 0 aromatic carbocycles. The second-order valence-corrected chi connectivity index (χ2v) is 8.08. The average Bonchev–Trinajstić information content (AvgIpc) is 2.96. The van der Waals surface area contributed by atoms with E-state index in [1.54, 1.807) is 0 Å². The number of thioether (sulfide) groups is 1. The second-order valence-electron chi connectivity index (χ2n) is 6.51. The van der Waals surface area contributed by atoms with Gasteiger partial charge in [0.15, 0.2) is 0 Å². The number of carbonyl (C=O) groups is 1. The van der Waals surface area contributed by atoms with Crippen molar-refractivity contribution in [3.63, 3.8) is 0 Å². The van der Waals surface area contributed by atoms with Crippen molar-refractivity contribution in [1.29, 1.82) is 0 Å². The smallest absolute Gasteiger partial charge is 0.274 e. The SMILES string of the molecule is CCSC1CCCCN(C(=O)c2ccn(C3CCCNC3)n2)C1.Cl. The first kappa shape index (κ1) is 19.6. The second kappa shape index (κ2) is 9.68. The van der Waals surface area contributed by atoms with Gasteiger partial charge in [-0.1, -0.05) is 13.3 Å². The fourth-order valence-electron chi connectivity index (χ4n) is 3.54. The van der Waals surface area contributed by atoms with Gasteiger partial charge in [0.1, 0.15) is 5.69 Å². The Bertz CT molecular complexity index is 518. The van der Waals surface area contributed by atoms with Crippen LogP contribution in [0.4, 0.5) is 0 Å². The molecule has 7 heteroatoms. The summed E-state index contributed by atoms with van der Waals surface area (Å²) in [7, 11) is 0. The van der Waals surface area contributed by atoms with Gasteiger partial charge < -0.3 is 10.2 Å². The number of hydrogen-bond acceptors (Lipinski definition) is 4. The lowest BCUT2D eigenvalue weighted by Crippen LogP contribution is -2.36. The van der Waals surface area contributed by atoms with Gasteiger partial charge in [-0.15, -0.1) is 12.4 Å². The van der Waals surface area contributed by atoms with Crippen molar-refractivity contribution in [2.45, 2.75) is 50.3 Å². The van der Waals surface area contributed by atoms with Crippen LogP contribution in [0.2, 0.25) is 0 Å². The minimum atomic E-state index is 0. The Morgan fingerprint density at radius 1 is 1.38 bits per heavy atom. The number of hydrogen-bond donors (Lipinski definition) is 1. The maximum Gasteiger partial charge on any atom is 0.274 e. The molecule has 1 aromatic heterocycles. The maximum absolute atomic E-state index is 12.8. The van der Waals surface area contributed by atoms with Crippen molar-refractivity contribution in [2.75, 3.05) is 31.9 Å². The summed E-state index contributed by atoms with van der Waals surface area (Å²) < 4.78 is 1.98. The molecule has 0 aliphatic carbocycles. The van der Waals surface area contributed by atoms with Gasteiger partial charge >= 0.3 is 0 Å². The van der Waals surface area contributed by atoms with Crippen molar-refractivity contribution in [2.24, 2.45) is 0 Å². The van der Waals surface area contributed by atoms with Crippen LogP contribution in [0.15, 0.2) is 12.3 Å². The summed E-state index contributed by atoms with van der Waals surface area (Å²) in [5.41, 5.74) is 0.609. The molecule has 0 bridgehead atoms. The van der Waals surface area contributed by atoms with E-state index in [4.69, 9.17) is 0 Å². The molecule has 24 heavy (non-hydrogen) atoms. The van der Waals surface area contributed by atoms with Crippen LogP contribution < -0.4 is 5.32 Å². The molecular weight excluding hydrogens is 344 g/mol. The predicted molar refractivity (Wildman–Crippen MR) is 102 cm³/mol. The van der Waals surface area contributed by atoms with Gasteiger partial charge in [0.25, 0.3) is 5.91 Å². The lowest BCUT2D eigenvalue weighted by Gasteiger charge is -2.24. The molecule has 2 fully saturated rings. The molecule has 3 rings (SSSR count). The first-order chi connectivity index (χ1) is 11.3. The zero-order chi connectivity index (χ0) is 16.1. The van der Waals surface area contributed by atoms with Gasteiger partial charge in [-0.3, -0.25) is 9.48 Å². The molecule has 2 unspecified atom stereocenters. The fraction of sp³-hybridized carbons (Fsp3) is 0.765. The Kier molecular flexibility index (Phi) is 7.91. The summed E-state index contributed by atoms with van der Waals surface area (Å²) in [6.45, 7) is 5.98. The highest BCUT2D eigenvalue weighted by atomic mass is 35.5. The number of nitrogens with one attached hydrogen (secondary N) is 1. The molecule has 2 aliphatic rings. The highest BCUT2D eigenvalue weighted by Crippen LogP contribution is 2.23. The third-order valence-electron chi connectivity index (χ3n) is 4.79. The Morgan fingerprint density at radius 2 is 2.25 bits per heavy atom. The van der Waals surface area contributed by atoms with E-state index in [0.717, 1.165) is 44.8 Å². The first-order valence-corrected chi connectivity index (χ1v) is 9.99. The van der Waals surface area contributed by atoms with Crippen LogP contribution in [0.5, 0.6) is 0 Å². The first-order valence-electron chi connectivity index (χ1n) is 8.94. The maximum atomic E-state index is 12.8. The lowest BCUT2D eigenvalue weighted by molar-refractivity contribution is 0.0756. The quantitative estimate of drug-likeness (QED) is 0.882. The van der Waals surface area contributed by atoms with E-state index in [1.165, 1.54) is 19.3 Å². The highest BCUT2D eigenvalue weighted by molar-refractivity contribution is 7.99. The molecule has 1 amide bonds. The minimum Gasteiger partial charge on any atom is -0.336 e. The van der Waals surface area contributed by atoms with Crippen molar-refractivity contribution >= 4 is 30.1 Å². The van der Waals surface area contributed by atoms with Crippen LogP contribution in [-0.2, 0) is 0 Å². The Balaban J connectivity index is 0.00000208. The van der Waals surface area contributed by atoms with Gasteiger partial charge in [-0.25, -0.2) is 0 Å². The van der Waals surface area contributed by atoms with E-state index < -0.39 is 0 Å². The van der Waals surface area contributed by atoms with E-state index in [9.17, 15) is 4.79 Å². The summed E-state index contributed by atoms with van der Waals surface area (Å²) in [6.07, 6.45) is 7.85. The number of rotatable bonds is 4. The van der Waals surface area contributed by atoms with Crippen LogP contribution in [0.25, 0.3) is 0 Å². The van der Waals surface area contributed by atoms with Crippen LogP contribution >= 0.6 is 24.2 Å². The van der Waals surface area contributed by atoms with Crippen molar-refractivity contribution in [1.82, 2.24) is 20.0 Å². The average molecular weight is 373 g/mol. The topological polar surface area (TPSA) is 50.2 Å². The summed E-state index contributed by atoms with van der Waals surface area (Å²) in [5.74, 6) is 1.23. The zero-order valence-corrected chi connectivity index (χ0v) is 16.1. The molecule has 2 saturated heterocycles. The largest absolute Gasteiger partial charge is 0.336 e. The molecule has 136 valence electrons. The molecule has 0 spiro atoms. The Labute approximate surface area is 155 Å². The summed E-state index contributed by atoms with van der Waals surface area (Å²) in [6, 6.07) is 2.28. The van der Waals surface area contributed by atoms with Crippen LogP contribution in [-0.4, -0.2) is 57.8 Å². The third-order valence-corrected chi connectivity index (χ3v) is 5.98. The third kappa shape index (κ3) is 4.90. The van der Waals surface area contributed by atoms with E-state index in [0.29, 0.717) is 17.0 Å². The van der Waals surface area contributed by atoms with E-state index in [-0.39, 0.29) is 18.3 Å². The molecule has 2 aliphatic heterocycles. The highest BCUT2D eigenvalue weighted by Gasteiger charge is 2.25. The van der Waals surface area contributed by atoms with Gasteiger partial charge in [0.05, 0.1) is 6.04 Å². The molecule has 5 nitrogen and oxygen atoms in total. The van der Waals surface area contributed by atoms with E-state index in [2.05, 4.69) is 17.3 Å². The molecule has 3 heterocycles. The number of carbonyl (C=O) groups excluding carboxylic acids is 1. The number of amides is 1. The van der Waals surface area contributed by atoms with Gasteiger partial charge in [0, 0.05) is 31.1 Å². The summed E-state index contributed by atoms with van der Waals surface area (Å²) >= 11 is 1.98. The minimum absolute atomic E-state index is 0. The normalized spacial score (nSPS) is 25.0. The standard InChI is InChI=1S/C17H28N4OS.ClH/c1-2-23-15-7-3-4-10-20(13-15)17(22)16-8-11-21(19-16)14-6-5-9-18-12-14;/h8,11,14-15,18H,2-7,9-10,12-13H2,1H3;1H. The molecule has 2 atom stereocenters. The predicted octanol–water partition coefficient (Wildman–Crippen LogP) is 2.98. The number of nitrogens with zero attached hydrogens (tertiary/aromatic N) is 3. The number of piperidine rings is 1. The van der Waals surface area contributed by atoms with Gasteiger partial charge in [-0.05, 0) is 44.0 Å². The Hall–Kier alpha value is -0.720. The monoisotopic (exact) mass is 372 g/mol. The van der Waals surface area contributed by atoms with Gasteiger partial charge in [0.2, 0.25) is 0 Å². The van der Waals surface area contributed by atoms with E-state index >= 15 is 0 Å².